The van der Waals surface area contributed by atoms with E-state index in [2.05, 4.69) is 20.5 Å². The zero-order chi connectivity index (χ0) is 23.2. The van der Waals surface area contributed by atoms with E-state index < -0.39 is 23.5 Å². The van der Waals surface area contributed by atoms with Crippen LogP contribution >= 0.6 is 0 Å². The van der Waals surface area contributed by atoms with Crippen molar-refractivity contribution >= 4 is 5.82 Å². The molecule has 1 aliphatic carbocycles. The van der Waals surface area contributed by atoms with Gasteiger partial charge in [0.1, 0.15) is 23.1 Å². The molecule has 174 valence electrons. The second kappa shape index (κ2) is 8.40. The van der Waals surface area contributed by atoms with E-state index in [0.29, 0.717) is 42.6 Å². The van der Waals surface area contributed by atoms with Gasteiger partial charge in [-0.2, -0.15) is 18.3 Å². The van der Waals surface area contributed by atoms with Crippen molar-refractivity contribution in [2.45, 2.75) is 31.6 Å². The first-order chi connectivity index (χ1) is 15.8. The van der Waals surface area contributed by atoms with Gasteiger partial charge >= 0.3 is 6.18 Å². The lowest BCUT2D eigenvalue weighted by Gasteiger charge is -2.23. The summed E-state index contributed by atoms with van der Waals surface area (Å²) in [4.78, 5) is 5.76. The molecule has 5 rings (SSSR count). The highest BCUT2D eigenvalue weighted by Crippen LogP contribution is 2.40. The van der Waals surface area contributed by atoms with Gasteiger partial charge in [-0.15, -0.1) is 0 Å². The van der Waals surface area contributed by atoms with Gasteiger partial charge < -0.3 is 10.2 Å². The first kappa shape index (κ1) is 21.8. The summed E-state index contributed by atoms with van der Waals surface area (Å²) in [6.45, 7) is 1.76. The summed E-state index contributed by atoms with van der Waals surface area (Å²) in [5, 5.41) is 10.4. The summed E-state index contributed by atoms with van der Waals surface area (Å²) in [6, 6.07) is 7.48. The molecule has 1 saturated heterocycles. The quantitative estimate of drug-likeness (QED) is 0.535. The Morgan fingerprint density at radius 3 is 2.61 bits per heavy atom. The summed E-state index contributed by atoms with van der Waals surface area (Å²) in [6.07, 6.45) is -0.834. The molecule has 2 aliphatic rings. The van der Waals surface area contributed by atoms with Gasteiger partial charge in [0.25, 0.3) is 0 Å². The van der Waals surface area contributed by atoms with Crippen LogP contribution in [0, 0.1) is 23.5 Å². The molecule has 1 aromatic carbocycles. The molecule has 3 aromatic rings. The maximum atomic E-state index is 13.6. The van der Waals surface area contributed by atoms with E-state index >= 15 is 0 Å². The molecule has 2 aromatic heterocycles. The minimum Gasteiger partial charge on any atom is -0.356 e. The van der Waals surface area contributed by atoms with E-state index in [1.54, 1.807) is 12.3 Å². The lowest BCUT2D eigenvalue weighted by molar-refractivity contribution is -0.141. The third-order valence-electron chi connectivity index (χ3n) is 6.62. The monoisotopic (exact) mass is 463 g/mol. The number of H-pyrrole nitrogens is 1. The number of alkyl halides is 3. The highest BCUT2D eigenvalue weighted by Gasteiger charge is 2.43. The fraction of sp³-hybridized carbons (Fsp3) is 0.391. The van der Waals surface area contributed by atoms with Crippen LogP contribution in [0.1, 0.15) is 24.1 Å². The average molecular weight is 463 g/mol. The molecule has 10 heteroatoms. The normalized spacial score (nSPS) is 22.7. The van der Waals surface area contributed by atoms with Crippen LogP contribution in [-0.2, 0) is 12.7 Å². The predicted octanol–water partition coefficient (Wildman–Crippen LogP) is 4.77. The van der Waals surface area contributed by atoms with Crippen LogP contribution in [0.3, 0.4) is 0 Å². The van der Waals surface area contributed by atoms with Crippen molar-refractivity contribution in [2.75, 3.05) is 18.0 Å². The number of pyridine rings is 1. The summed E-state index contributed by atoms with van der Waals surface area (Å²) in [7, 11) is 0. The molecule has 0 amide bonds. The SMILES string of the molecule is Fc1cc(F)cc(-c2n[nH]cc2CN[C@H]2CC[C@@H]3CN(c4cccc(C(F)(F)F)n4)C[C@@H]32)c1. The minimum atomic E-state index is -4.47. The molecule has 2 fully saturated rings. The number of hydrogen-bond acceptors (Lipinski definition) is 4. The van der Waals surface area contributed by atoms with Gasteiger partial charge in [0, 0.05) is 49.1 Å². The van der Waals surface area contributed by atoms with Gasteiger partial charge in [-0.1, -0.05) is 6.07 Å². The number of hydrogen-bond donors (Lipinski definition) is 2. The molecule has 3 heterocycles. The molecule has 5 nitrogen and oxygen atoms in total. The number of fused-ring (bicyclic) bond motifs is 1. The molecular formula is C23H22F5N5. The first-order valence-corrected chi connectivity index (χ1v) is 10.8. The zero-order valence-corrected chi connectivity index (χ0v) is 17.5. The summed E-state index contributed by atoms with van der Waals surface area (Å²) < 4.78 is 66.4. The van der Waals surface area contributed by atoms with Gasteiger partial charge in [-0.25, -0.2) is 13.8 Å². The highest BCUT2D eigenvalue weighted by atomic mass is 19.4. The first-order valence-electron chi connectivity index (χ1n) is 10.8. The Morgan fingerprint density at radius 1 is 1.06 bits per heavy atom. The standard InChI is InChI=1S/C23H22F5N5/c24-16-6-14(7-17(25)8-16)22-15(10-30-32-22)9-29-19-5-4-13-11-33(12-18(13)19)21-3-1-2-20(31-21)23(26,27)28/h1-3,6-8,10,13,18-19,29H,4-5,9,11-12H2,(H,30,32)/t13-,18+,19+/m1/s1. The van der Waals surface area contributed by atoms with Crippen molar-refractivity contribution in [1.29, 1.82) is 0 Å². The van der Waals surface area contributed by atoms with Crippen molar-refractivity contribution in [3.05, 3.63) is 65.5 Å². The molecule has 1 aliphatic heterocycles. The Morgan fingerprint density at radius 2 is 1.85 bits per heavy atom. The fourth-order valence-corrected chi connectivity index (χ4v) is 5.09. The lowest BCUT2D eigenvalue weighted by Crippen LogP contribution is -2.35. The molecular weight excluding hydrogens is 441 g/mol. The van der Waals surface area contributed by atoms with E-state index in [-0.39, 0.29) is 12.0 Å². The molecule has 0 radical (unpaired) electrons. The predicted molar refractivity (Wildman–Crippen MR) is 112 cm³/mol. The number of benzene rings is 1. The van der Waals surface area contributed by atoms with E-state index in [0.717, 1.165) is 30.5 Å². The topological polar surface area (TPSA) is 56.8 Å². The second-order valence-electron chi connectivity index (χ2n) is 8.69. The maximum Gasteiger partial charge on any atom is 0.433 e. The molecule has 3 atom stereocenters. The van der Waals surface area contributed by atoms with E-state index in [1.165, 1.54) is 18.2 Å². The molecule has 0 unspecified atom stereocenters. The molecule has 33 heavy (non-hydrogen) atoms. The summed E-state index contributed by atoms with van der Waals surface area (Å²) in [5.41, 5.74) is 0.750. The van der Waals surface area contributed by atoms with Gasteiger partial charge in [-0.05, 0) is 48.9 Å². The van der Waals surface area contributed by atoms with Crippen molar-refractivity contribution in [3.8, 4) is 11.3 Å². The average Bonchev–Trinajstić information content (AvgIpc) is 3.47. The lowest BCUT2D eigenvalue weighted by atomic mass is 9.97. The number of aromatic amines is 1. The molecule has 2 N–H and O–H groups in total. The Kier molecular flexibility index (Phi) is 5.55. The van der Waals surface area contributed by atoms with Gasteiger partial charge in [0.15, 0.2) is 0 Å². The van der Waals surface area contributed by atoms with Crippen LogP contribution in [0.4, 0.5) is 27.8 Å². The summed E-state index contributed by atoms with van der Waals surface area (Å²) >= 11 is 0. The number of aromatic nitrogens is 3. The van der Waals surface area contributed by atoms with E-state index in [4.69, 9.17) is 0 Å². The van der Waals surface area contributed by atoms with E-state index in [9.17, 15) is 22.0 Å². The Hall–Kier alpha value is -3.01. The molecule has 0 spiro atoms. The third kappa shape index (κ3) is 4.44. The van der Waals surface area contributed by atoms with Gasteiger partial charge in [0.05, 0.1) is 5.69 Å². The van der Waals surface area contributed by atoms with Crippen LogP contribution in [0.25, 0.3) is 11.3 Å². The van der Waals surface area contributed by atoms with Crippen LogP contribution in [0.5, 0.6) is 0 Å². The molecule has 0 bridgehead atoms. The Balaban J connectivity index is 1.26. The van der Waals surface area contributed by atoms with Crippen molar-refractivity contribution in [2.24, 2.45) is 11.8 Å². The third-order valence-corrected chi connectivity index (χ3v) is 6.62. The van der Waals surface area contributed by atoms with Gasteiger partial charge in [-0.3, -0.25) is 5.10 Å². The second-order valence-corrected chi connectivity index (χ2v) is 8.69. The Bertz CT molecular complexity index is 1120. The van der Waals surface area contributed by atoms with Crippen LogP contribution in [0.2, 0.25) is 0 Å². The van der Waals surface area contributed by atoms with Crippen LogP contribution < -0.4 is 10.2 Å². The number of anilines is 1. The summed E-state index contributed by atoms with van der Waals surface area (Å²) in [5.74, 6) is -0.328. The van der Waals surface area contributed by atoms with Gasteiger partial charge in [0.2, 0.25) is 0 Å². The van der Waals surface area contributed by atoms with E-state index in [1.807, 2.05) is 4.90 Å². The Labute approximate surface area is 187 Å². The number of nitrogens with one attached hydrogen (secondary N) is 2. The number of halogens is 5. The largest absolute Gasteiger partial charge is 0.433 e. The highest BCUT2D eigenvalue weighted by molar-refractivity contribution is 5.62. The number of nitrogens with zero attached hydrogens (tertiary/aromatic N) is 3. The van der Waals surface area contributed by atoms with Crippen molar-refractivity contribution < 1.29 is 22.0 Å². The van der Waals surface area contributed by atoms with Crippen LogP contribution in [0.15, 0.2) is 42.6 Å². The van der Waals surface area contributed by atoms with Crippen molar-refractivity contribution in [1.82, 2.24) is 20.5 Å². The zero-order valence-electron chi connectivity index (χ0n) is 17.5. The minimum absolute atomic E-state index is 0.179. The molecule has 1 saturated carbocycles. The van der Waals surface area contributed by atoms with Crippen molar-refractivity contribution in [3.63, 3.8) is 0 Å². The van der Waals surface area contributed by atoms with Crippen LogP contribution in [-0.4, -0.2) is 34.3 Å². The fourth-order valence-electron chi connectivity index (χ4n) is 5.09. The smallest absolute Gasteiger partial charge is 0.356 e. The maximum absolute atomic E-state index is 13.6. The number of rotatable bonds is 5.